The van der Waals surface area contributed by atoms with Crippen molar-refractivity contribution in [3.05, 3.63) is 58.0 Å². The monoisotopic (exact) mass is 345 g/mol. The molecule has 0 saturated heterocycles. The first kappa shape index (κ1) is 18.2. The van der Waals surface area contributed by atoms with Gasteiger partial charge in [-0.1, -0.05) is 0 Å². The SMILES string of the molecule is Cc1ccc(CNC(=O)CCCC(=O)Nc2ccc([N+](=O)[O-])cc2)o1. The number of carbonyl (C=O) groups excluding carboxylic acids is 2. The molecule has 0 saturated carbocycles. The second-order valence-electron chi connectivity index (χ2n) is 5.49. The molecular weight excluding hydrogens is 326 g/mol. The highest BCUT2D eigenvalue weighted by Crippen LogP contribution is 2.15. The van der Waals surface area contributed by atoms with E-state index < -0.39 is 4.92 Å². The average molecular weight is 345 g/mol. The van der Waals surface area contributed by atoms with Gasteiger partial charge in [0.15, 0.2) is 0 Å². The summed E-state index contributed by atoms with van der Waals surface area (Å²) < 4.78 is 5.35. The molecule has 0 atom stereocenters. The van der Waals surface area contributed by atoms with Gasteiger partial charge in [-0.25, -0.2) is 0 Å². The van der Waals surface area contributed by atoms with Crippen molar-refractivity contribution in [3.63, 3.8) is 0 Å². The van der Waals surface area contributed by atoms with Crippen LogP contribution in [0.5, 0.6) is 0 Å². The van der Waals surface area contributed by atoms with Gasteiger partial charge in [0.2, 0.25) is 11.8 Å². The Bertz CT molecular complexity index is 752. The van der Waals surface area contributed by atoms with Gasteiger partial charge < -0.3 is 15.1 Å². The summed E-state index contributed by atoms with van der Waals surface area (Å²) >= 11 is 0. The summed E-state index contributed by atoms with van der Waals surface area (Å²) in [7, 11) is 0. The lowest BCUT2D eigenvalue weighted by Gasteiger charge is -2.05. The smallest absolute Gasteiger partial charge is 0.269 e. The van der Waals surface area contributed by atoms with E-state index in [1.807, 2.05) is 13.0 Å². The molecule has 0 unspecified atom stereocenters. The van der Waals surface area contributed by atoms with E-state index >= 15 is 0 Å². The zero-order valence-electron chi connectivity index (χ0n) is 13.8. The highest BCUT2D eigenvalue weighted by atomic mass is 16.6. The molecule has 0 spiro atoms. The summed E-state index contributed by atoms with van der Waals surface area (Å²) in [5.74, 6) is 1.06. The standard InChI is InChI=1S/C17H19N3O5/c1-12-5-10-15(25-12)11-18-16(21)3-2-4-17(22)19-13-6-8-14(9-7-13)20(23)24/h5-10H,2-4,11H2,1H3,(H,18,21)(H,19,22). The van der Waals surface area contributed by atoms with E-state index in [1.165, 1.54) is 24.3 Å². The Hall–Kier alpha value is -3.16. The van der Waals surface area contributed by atoms with Gasteiger partial charge in [-0.3, -0.25) is 19.7 Å². The van der Waals surface area contributed by atoms with Crippen molar-refractivity contribution in [2.75, 3.05) is 5.32 Å². The number of nitro benzene ring substituents is 1. The topological polar surface area (TPSA) is 114 Å². The predicted octanol–water partition coefficient (Wildman–Crippen LogP) is 2.92. The number of nitrogens with one attached hydrogen (secondary N) is 2. The van der Waals surface area contributed by atoms with E-state index in [4.69, 9.17) is 4.42 Å². The van der Waals surface area contributed by atoms with Gasteiger partial charge in [0.05, 0.1) is 11.5 Å². The zero-order chi connectivity index (χ0) is 18.2. The first-order valence-corrected chi connectivity index (χ1v) is 7.80. The number of carbonyl (C=O) groups is 2. The summed E-state index contributed by atoms with van der Waals surface area (Å²) in [6, 6.07) is 9.19. The fourth-order valence-corrected chi connectivity index (χ4v) is 2.15. The van der Waals surface area contributed by atoms with Crippen molar-refractivity contribution >= 4 is 23.2 Å². The van der Waals surface area contributed by atoms with Gasteiger partial charge in [0, 0.05) is 30.7 Å². The number of anilines is 1. The molecule has 1 heterocycles. The van der Waals surface area contributed by atoms with Crippen molar-refractivity contribution in [1.29, 1.82) is 0 Å². The molecule has 2 N–H and O–H groups in total. The third-order valence-electron chi connectivity index (χ3n) is 3.43. The molecule has 0 aliphatic rings. The Kier molecular flexibility index (Phi) is 6.27. The molecule has 25 heavy (non-hydrogen) atoms. The van der Waals surface area contributed by atoms with Gasteiger partial charge in [0.25, 0.3) is 5.69 Å². The van der Waals surface area contributed by atoms with Crippen LogP contribution in [-0.2, 0) is 16.1 Å². The summed E-state index contributed by atoms with van der Waals surface area (Å²) in [6.07, 6.45) is 0.819. The molecular formula is C17H19N3O5. The quantitative estimate of drug-likeness (QED) is 0.564. The number of aryl methyl sites for hydroxylation is 1. The molecule has 2 rings (SSSR count). The van der Waals surface area contributed by atoms with E-state index in [-0.39, 0.29) is 30.3 Å². The van der Waals surface area contributed by atoms with Gasteiger partial charge in [-0.2, -0.15) is 0 Å². The molecule has 1 aromatic carbocycles. The summed E-state index contributed by atoms with van der Waals surface area (Å²) in [4.78, 5) is 33.6. The van der Waals surface area contributed by atoms with Gasteiger partial charge in [-0.05, 0) is 37.6 Å². The first-order chi connectivity index (χ1) is 11.9. The third kappa shape index (κ3) is 6.09. The average Bonchev–Trinajstić information content (AvgIpc) is 2.99. The summed E-state index contributed by atoms with van der Waals surface area (Å²) in [5.41, 5.74) is 0.440. The van der Waals surface area contributed by atoms with Crippen LogP contribution >= 0.6 is 0 Å². The Balaban J connectivity index is 1.65. The van der Waals surface area contributed by atoms with Crippen LogP contribution in [-0.4, -0.2) is 16.7 Å². The Labute approximate surface area is 144 Å². The molecule has 0 fully saturated rings. The lowest BCUT2D eigenvalue weighted by molar-refractivity contribution is -0.384. The molecule has 0 aliphatic heterocycles. The van der Waals surface area contributed by atoms with Gasteiger partial charge in [0.1, 0.15) is 11.5 Å². The number of rotatable bonds is 8. The minimum absolute atomic E-state index is 0.0404. The maximum absolute atomic E-state index is 11.8. The van der Waals surface area contributed by atoms with Gasteiger partial charge >= 0.3 is 0 Å². The molecule has 1 aromatic heterocycles. The zero-order valence-corrected chi connectivity index (χ0v) is 13.8. The van der Waals surface area contributed by atoms with Crippen LogP contribution in [0.2, 0.25) is 0 Å². The van der Waals surface area contributed by atoms with E-state index in [0.717, 1.165) is 5.76 Å². The van der Waals surface area contributed by atoms with Crippen LogP contribution in [0.25, 0.3) is 0 Å². The number of nitro groups is 1. The van der Waals surface area contributed by atoms with Crippen LogP contribution in [0, 0.1) is 17.0 Å². The lowest BCUT2D eigenvalue weighted by atomic mass is 10.2. The minimum atomic E-state index is -0.506. The minimum Gasteiger partial charge on any atom is -0.465 e. The van der Waals surface area contributed by atoms with Crippen molar-refractivity contribution in [2.45, 2.75) is 32.7 Å². The number of benzene rings is 1. The number of non-ortho nitro benzene ring substituents is 1. The number of hydrogen-bond acceptors (Lipinski definition) is 5. The number of furan rings is 1. The predicted molar refractivity (Wildman–Crippen MR) is 90.9 cm³/mol. The molecule has 0 aliphatic carbocycles. The van der Waals surface area contributed by atoms with Crippen LogP contribution < -0.4 is 10.6 Å². The molecule has 2 amide bonds. The van der Waals surface area contributed by atoms with Crippen molar-refractivity contribution in [2.24, 2.45) is 0 Å². The number of amides is 2. The normalized spacial score (nSPS) is 10.3. The van der Waals surface area contributed by atoms with Gasteiger partial charge in [-0.15, -0.1) is 0 Å². The molecule has 0 bridgehead atoms. The van der Waals surface area contributed by atoms with Crippen LogP contribution in [0.15, 0.2) is 40.8 Å². The van der Waals surface area contributed by atoms with E-state index in [0.29, 0.717) is 24.4 Å². The first-order valence-electron chi connectivity index (χ1n) is 7.80. The van der Waals surface area contributed by atoms with Crippen molar-refractivity contribution in [1.82, 2.24) is 5.32 Å². The number of hydrogen-bond donors (Lipinski definition) is 2. The second kappa shape index (κ2) is 8.62. The maximum Gasteiger partial charge on any atom is 0.269 e. The summed E-state index contributed by atoms with van der Waals surface area (Å²) in [6.45, 7) is 2.15. The highest BCUT2D eigenvalue weighted by Gasteiger charge is 2.08. The van der Waals surface area contributed by atoms with Crippen molar-refractivity contribution in [3.8, 4) is 0 Å². The Morgan fingerprint density at radius 1 is 1.08 bits per heavy atom. The van der Waals surface area contributed by atoms with E-state index in [9.17, 15) is 19.7 Å². The largest absolute Gasteiger partial charge is 0.465 e. The van der Waals surface area contributed by atoms with Crippen LogP contribution in [0.1, 0.15) is 30.8 Å². The summed E-state index contributed by atoms with van der Waals surface area (Å²) in [5, 5.41) is 15.9. The van der Waals surface area contributed by atoms with Crippen LogP contribution in [0.4, 0.5) is 11.4 Å². The second-order valence-corrected chi connectivity index (χ2v) is 5.49. The highest BCUT2D eigenvalue weighted by molar-refractivity contribution is 5.91. The van der Waals surface area contributed by atoms with E-state index in [2.05, 4.69) is 10.6 Å². The molecule has 0 radical (unpaired) electrons. The Morgan fingerprint density at radius 3 is 2.36 bits per heavy atom. The van der Waals surface area contributed by atoms with Crippen LogP contribution in [0.3, 0.4) is 0 Å². The van der Waals surface area contributed by atoms with E-state index in [1.54, 1.807) is 6.07 Å². The molecule has 2 aromatic rings. The maximum atomic E-state index is 11.8. The fourth-order valence-electron chi connectivity index (χ4n) is 2.15. The molecule has 8 nitrogen and oxygen atoms in total. The number of nitrogens with zero attached hydrogens (tertiary/aromatic N) is 1. The van der Waals surface area contributed by atoms with Crippen molar-refractivity contribution < 1.29 is 18.9 Å². The fraction of sp³-hybridized carbons (Fsp3) is 0.294. The Morgan fingerprint density at radius 2 is 1.76 bits per heavy atom. The molecule has 8 heteroatoms. The molecule has 132 valence electrons. The lowest BCUT2D eigenvalue weighted by Crippen LogP contribution is -2.22. The third-order valence-corrected chi connectivity index (χ3v) is 3.43.